The zero-order chi connectivity index (χ0) is 22.6. The van der Waals surface area contributed by atoms with E-state index in [0.29, 0.717) is 0 Å². The molecule has 0 spiro atoms. The molecule has 0 saturated heterocycles. The summed E-state index contributed by atoms with van der Waals surface area (Å²) in [5.74, 6) is -3.09. The van der Waals surface area contributed by atoms with Crippen LogP contribution in [0.4, 0.5) is 5.69 Å². The highest BCUT2D eigenvalue weighted by molar-refractivity contribution is 5.68. The number of benzene rings is 1. The first kappa shape index (κ1) is 25.5. The van der Waals surface area contributed by atoms with Crippen molar-refractivity contribution in [3.8, 4) is 22.6 Å². The highest BCUT2D eigenvalue weighted by Crippen LogP contribution is 2.31. The minimum absolute atomic E-state index is 0. The Balaban J connectivity index is 0.000000338. The summed E-state index contributed by atoms with van der Waals surface area (Å²) in [6, 6.07) is 11.3. The van der Waals surface area contributed by atoms with Gasteiger partial charge in [0.25, 0.3) is 0 Å². The topological polar surface area (TPSA) is 198 Å². The van der Waals surface area contributed by atoms with Gasteiger partial charge in [-0.05, 0) is 35.4 Å². The molecule has 0 aliphatic carbocycles. The van der Waals surface area contributed by atoms with Crippen LogP contribution in [0.25, 0.3) is 11.1 Å². The number of carbonyl (C=O) groups is 2. The number of H-pyrrole nitrogens is 1. The fourth-order valence-corrected chi connectivity index (χ4v) is 2.26. The SMILES string of the molecule is O.O=C([O-])COc1ccc(OCC(=O)O)cc1[N+](=O)[O-].c1cc(-c2cc[nH+]cc2)ccn1. The Bertz CT molecular complexity index is 994. The number of ether oxygens (including phenoxy) is 2. The number of aliphatic carboxylic acids is 2. The predicted molar refractivity (Wildman–Crippen MR) is 107 cm³/mol. The molecule has 12 nitrogen and oxygen atoms in total. The van der Waals surface area contributed by atoms with Crippen molar-refractivity contribution < 1.29 is 44.7 Å². The van der Waals surface area contributed by atoms with Crippen LogP contribution in [0.3, 0.4) is 0 Å². The zero-order valence-electron chi connectivity index (χ0n) is 16.5. The number of nitrogens with one attached hydrogen (secondary N) is 1. The van der Waals surface area contributed by atoms with Crippen molar-refractivity contribution in [1.82, 2.24) is 4.98 Å². The number of pyridine rings is 2. The van der Waals surface area contributed by atoms with Crippen molar-refractivity contribution in [2.24, 2.45) is 0 Å². The maximum Gasteiger partial charge on any atom is 0.341 e. The van der Waals surface area contributed by atoms with E-state index in [0.717, 1.165) is 12.1 Å². The number of nitrogens with zero attached hydrogens (tertiary/aromatic N) is 2. The third kappa shape index (κ3) is 8.42. The van der Waals surface area contributed by atoms with Gasteiger partial charge in [-0.15, -0.1) is 0 Å². The van der Waals surface area contributed by atoms with E-state index in [1.807, 2.05) is 36.7 Å². The predicted octanol–water partition coefficient (Wildman–Crippen LogP) is -0.0751. The molecule has 4 N–H and O–H groups in total. The highest BCUT2D eigenvalue weighted by Gasteiger charge is 2.17. The molecule has 0 aliphatic heterocycles. The molecule has 3 rings (SSSR count). The van der Waals surface area contributed by atoms with Crippen LogP contribution in [0.15, 0.2) is 67.3 Å². The molecule has 0 bridgehead atoms. The molecule has 0 unspecified atom stereocenters. The van der Waals surface area contributed by atoms with Gasteiger partial charge >= 0.3 is 11.7 Å². The Labute approximate surface area is 181 Å². The Morgan fingerprint density at radius 1 is 1.00 bits per heavy atom. The van der Waals surface area contributed by atoms with Crippen LogP contribution in [0, 0.1) is 10.1 Å². The Morgan fingerprint density at radius 2 is 1.62 bits per heavy atom. The van der Waals surface area contributed by atoms with E-state index in [9.17, 15) is 24.8 Å². The summed E-state index contributed by atoms with van der Waals surface area (Å²) < 4.78 is 9.42. The van der Waals surface area contributed by atoms with Gasteiger partial charge in [0.1, 0.15) is 12.4 Å². The summed E-state index contributed by atoms with van der Waals surface area (Å²) in [6.07, 6.45) is 7.42. The summed E-state index contributed by atoms with van der Waals surface area (Å²) in [6.45, 7) is -1.49. The quantitative estimate of drug-likeness (QED) is 0.364. The van der Waals surface area contributed by atoms with Gasteiger partial charge in [-0.25, -0.2) is 9.78 Å². The number of aromatic amines is 1. The molecule has 0 radical (unpaired) electrons. The molecule has 1 aromatic carbocycles. The summed E-state index contributed by atoms with van der Waals surface area (Å²) in [7, 11) is 0. The van der Waals surface area contributed by atoms with Gasteiger partial charge in [0, 0.05) is 24.5 Å². The van der Waals surface area contributed by atoms with E-state index < -0.39 is 35.8 Å². The number of carboxylic acid groups (broad SMARTS) is 2. The van der Waals surface area contributed by atoms with Gasteiger partial charge in [-0.1, -0.05) is 0 Å². The minimum Gasteiger partial charge on any atom is -0.546 e. The van der Waals surface area contributed by atoms with Crippen LogP contribution in [-0.2, 0) is 9.59 Å². The summed E-state index contributed by atoms with van der Waals surface area (Å²) in [5, 5.41) is 29.3. The number of nitro groups is 1. The monoisotopic (exact) mass is 445 g/mol. The summed E-state index contributed by atoms with van der Waals surface area (Å²) in [5.41, 5.74) is 1.86. The van der Waals surface area contributed by atoms with Gasteiger partial charge in [0.05, 0.1) is 17.0 Å². The lowest BCUT2D eigenvalue weighted by Crippen LogP contribution is -2.29. The van der Waals surface area contributed by atoms with Gasteiger partial charge in [0.2, 0.25) is 0 Å². The van der Waals surface area contributed by atoms with Crippen LogP contribution in [0.1, 0.15) is 0 Å². The first-order chi connectivity index (χ1) is 14.9. The van der Waals surface area contributed by atoms with Crippen molar-refractivity contribution in [3.05, 3.63) is 77.4 Å². The zero-order valence-corrected chi connectivity index (χ0v) is 16.5. The lowest BCUT2D eigenvalue weighted by molar-refractivity contribution is -0.386. The third-order valence-electron chi connectivity index (χ3n) is 3.57. The number of rotatable bonds is 8. The lowest BCUT2D eigenvalue weighted by atomic mass is 10.1. The summed E-state index contributed by atoms with van der Waals surface area (Å²) >= 11 is 0. The molecule has 2 heterocycles. The second-order valence-corrected chi connectivity index (χ2v) is 5.75. The molecule has 0 fully saturated rings. The first-order valence-electron chi connectivity index (χ1n) is 8.69. The maximum atomic E-state index is 10.7. The van der Waals surface area contributed by atoms with Crippen LogP contribution in [-0.4, -0.2) is 45.6 Å². The standard InChI is InChI=1S/C10H8N2.C10H9NO8.H2O/c1-5-11-6-2-9(1)10-3-7-12-8-4-10;12-9(13)4-18-6-1-2-8(19-5-10(14)15)7(3-6)11(16)17;/h1-8H;1-3H,4-5H2,(H,12,13)(H,14,15);1H2. The van der Waals surface area contributed by atoms with E-state index >= 15 is 0 Å². The average molecular weight is 445 g/mol. The molecular formula is C20H19N3O9. The van der Waals surface area contributed by atoms with Gasteiger partial charge in [-0.2, -0.15) is 0 Å². The summed E-state index contributed by atoms with van der Waals surface area (Å²) in [4.78, 5) is 37.4. The molecule has 0 atom stereocenters. The fraction of sp³-hybridized carbons (Fsp3) is 0.100. The maximum absolute atomic E-state index is 10.7. The highest BCUT2D eigenvalue weighted by atomic mass is 16.6. The van der Waals surface area contributed by atoms with Crippen LogP contribution < -0.4 is 19.6 Å². The van der Waals surface area contributed by atoms with Crippen molar-refractivity contribution in [1.29, 1.82) is 0 Å². The molecule has 12 heteroatoms. The Morgan fingerprint density at radius 3 is 2.19 bits per heavy atom. The van der Waals surface area contributed by atoms with Crippen LogP contribution in [0.5, 0.6) is 11.5 Å². The average Bonchev–Trinajstić information content (AvgIpc) is 2.78. The molecule has 3 aromatic rings. The second kappa shape index (κ2) is 12.9. The van der Waals surface area contributed by atoms with E-state index in [2.05, 4.69) is 14.7 Å². The van der Waals surface area contributed by atoms with Crippen LogP contribution >= 0.6 is 0 Å². The normalized spacial score (nSPS) is 9.38. The molecule has 2 aromatic heterocycles. The Hall–Kier alpha value is -4.58. The van der Waals surface area contributed by atoms with Crippen molar-refractivity contribution in [2.75, 3.05) is 13.2 Å². The number of hydrogen-bond acceptors (Lipinski definition) is 8. The number of aromatic nitrogens is 2. The van der Waals surface area contributed by atoms with E-state index in [1.165, 1.54) is 17.2 Å². The van der Waals surface area contributed by atoms with Gasteiger partial charge < -0.3 is 30.0 Å². The van der Waals surface area contributed by atoms with E-state index in [1.54, 1.807) is 12.4 Å². The Kier molecular flexibility index (Phi) is 10.2. The van der Waals surface area contributed by atoms with Crippen LogP contribution in [0.2, 0.25) is 0 Å². The molecule has 0 amide bonds. The van der Waals surface area contributed by atoms with Gasteiger partial charge in [-0.3, -0.25) is 15.1 Å². The smallest absolute Gasteiger partial charge is 0.341 e. The molecular weight excluding hydrogens is 426 g/mol. The molecule has 0 saturated carbocycles. The number of hydrogen-bond donors (Lipinski definition) is 1. The van der Waals surface area contributed by atoms with E-state index in [-0.39, 0.29) is 17.0 Å². The lowest BCUT2D eigenvalue weighted by Gasteiger charge is -2.08. The molecule has 0 aliphatic rings. The van der Waals surface area contributed by atoms with Gasteiger partial charge in [0.15, 0.2) is 24.8 Å². The minimum atomic E-state index is -1.53. The van der Waals surface area contributed by atoms with Crippen molar-refractivity contribution in [2.45, 2.75) is 0 Å². The molecule has 168 valence electrons. The number of nitro benzene ring substituents is 1. The third-order valence-corrected chi connectivity index (χ3v) is 3.57. The molecule has 32 heavy (non-hydrogen) atoms. The fourth-order valence-electron chi connectivity index (χ4n) is 2.26. The number of carboxylic acids is 2. The van der Waals surface area contributed by atoms with Crippen molar-refractivity contribution >= 4 is 17.6 Å². The second-order valence-electron chi connectivity index (χ2n) is 5.75. The first-order valence-corrected chi connectivity index (χ1v) is 8.69. The number of carbonyl (C=O) groups excluding carboxylic acids is 1. The van der Waals surface area contributed by atoms with Crippen molar-refractivity contribution in [3.63, 3.8) is 0 Å². The largest absolute Gasteiger partial charge is 0.546 e. The van der Waals surface area contributed by atoms with E-state index in [4.69, 9.17) is 9.84 Å².